The summed E-state index contributed by atoms with van der Waals surface area (Å²) in [6.07, 6.45) is 4.19. The average molecular weight is 471 g/mol. The van der Waals surface area contributed by atoms with Crippen molar-refractivity contribution in [3.63, 3.8) is 0 Å². The summed E-state index contributed by atoms with van der Waals surface area (Å²) in [6, 6.07) is 5.70. The molecule has 2 N–H and O–H groups in total. The Bertz CT molecular complexity index is 944. The first-order valence-corrected chi connectivity index (χ1v) is 12.3. The number of ketones is 1. The van der Waals surface area contributed by atoms with Crippen molar-refractivity contribution in [2.24, 2.45) is 0 Å². The zero-order valence-corrected chi connectivity index (χ0v) is 20.8. The van der Waals surface area contributed by atoms with Crippen molar-refractivity contribution in [3.05, 3.63) is 52.8 Å². The Balaban J connectivity index is 1.60. The minimum atomic E-state index is -0.662. The summed E-state index contributed by atoms with van der Waals surface area (Å²) in [5.74, 6) is 0.725. The van der Waals surface area contributed by atoms with Gasteiger partial charge in [-0.25, -0.2) is 0 Å². The molecule has 0 heterocycles. The highest BCUT2D eigenvalue weighted by Gasteiger charge is 2.30. The summed E-state index contributed by atoms with van der Waals surface area (Å²) < 4.78 is 11.5. The Morgan fingerprint density at radius 1 is 0.824 bits per heavy atom. The second-order valence-electron chi connectivity index (χ2n) is 8.65. The third kappa shape index (κ3) is 6.36. The van der Waals surface area contributed by atoms with E-state index in [0.29, 0.717) is 24.4 Å². The number of carbonyl (C=O) groups is 1. The van der Waals surface area contributed by atoms with E-state index in [4.69, 9.17) is 9.47 Å². The van der Waals surface area contributed by atoms with E-state index in [1.54, 1.807) is 6.08 Å². The largest absolute Gasteiger partial charge is 0.491 e. The quantitative estimate of drug-likeness (QED) is 0.433. The van der Waals surface area contributed by atoms with Crippen LogP contribution in [0.4, 0.5) is 0 Å². The highest BCUT2D eigenvalue weighted by atomic mass is 16.5. The maximum Gasteiger partial charge on any atom is 0.228 e. The van der Waals surface area contributed by atoms with E-state index in [1.807, 2.05) is 44.2 Å². The summed E-state index contributed by atoms with van der Waals surface area (Å²) in [7, 11) is 0. The molecular formula is C27H38N2O5. The number of hydrogen-bond donors (Lipinski definition) is 2. The highest BCUT2D eigenvalue weighted by Crippen LogP contribution is 2.40. The van der Waals surface area contributed by atoms with Gasteiger partial charge in [0.2, 0.25) is 5.78 Å². The number of allylic oxidation sites excluding steroid dienone is 4. The second kappa shape index (κ2) is 12.3. The number of Topliss-reactive ketones (excluding diaryl/α,β-unsaturated/α-hetero) is 1. The highest BCUT2D eigenvalue weighted by molar-refractivity contribution is 6.25. The Labute approximate surface area is 203 Å². The number of carbonyl (C=O) groups excluding carboxylic acids is 1. The number of nitrogens with zero attached hydrogens (tertiary/aromatic N) is 2. The molecule has 2 unspecified atom stereocenters. The Morgan fingerprint density at radius 2 is 1.41 bits per heavy atom. The molecule has 0 aliphatic heterocycles. The molecule has 1 aromatic rings. The summed E-state index contributed by atoms with van der Waals surface area (Å²) >= 11 is 0. The van der Waals surface area contributed by atoms with Crippen LogP contribution in [0.25, 0.3) is 11.6 Å². The van der Waals surface area contributed by atoms with Crippen LogP contribution in [0.15, 0.2) is 41.7 Å². The number of benzene rings is 1. The van der Waals surface area contributed by atoms with E-state index in [1.165, 1.54) is 0 Å². The van der Waals surface area contributed by atoms with E-state index in [9.17, 15) is 15.0 Å². The van der Waals surface area contributed by atoms with Gasteiger partial charge in [0.25, 0.3) is 0 Å². The van der Waals surface area contributed by atoms with Gasteiger partial charge < -0.3 is 29.5 Å². The number of likely N-dealkylation sites (N-methyl/N-ethyl adjacent to an activating group) is 2. The lowest BCUT2D eigenvalue weighted by atomic mass is 9.95. The second-order valence-corrected chi connectivity index (χ2v) is 8.65. The fourth-order valence-electron chi connectivity index (χ4n) is 4.27. The number of hydrogen-bond acceptors (Lipinski definition) is 7. The minimum absolute atomic E-state index is 0.0747. The van der Waals surface area contributed by atoms with Crippen LogP contribution in [0.1, 0.15) is 38.8 Å². The van der Waals surface area contributed by atoms with E-state index >= 15 is 0 Å². The maximum absolute atomic E-state index is 13.0. The molecule has 0 aromatic heterocycles. The zero-order chi connectivity index (χ0) is 24.7. The molecule has 2 aliphatic carbocycles. The van der Waals surface area contributed by atoms with Crippen LogP contribution < -0.4 is 4.74 Å². The molecule has 7 nitrogen and oxygen atoms in total. The Kier molecular flexibility index (Phi) is 9.47. The summed E-state index contributed by atoms with van der Waals surface area (Å²) in [5, 5.41) is 20.5. The van der Waals surface area contributed by atoms with Gasteiger partial charge in [0.05, 0.1) is 0 Å². The SMILES string of the molecule is CCN(CC)CC(O)COC1=CC=C2C(=Cc3cc(OCC(O)CN(CC)CC)ccc32)C1=O. The first-order valence-electron chi connectivity index (χ1n) is 12.3. The summed E-state index contributed by atoms with van der Waals surface area (Å²) in [4.78, 5) is 17.3. The molecule has 7 heteroatoms. The number of aliphatic hydroxyl groups excluding tert-OH is 2. The van der Waals surface area contributed by atoms with Crippen LogP contribution in [-0.2, 0) is 9.53 Å². The van der Waals surface area contributed by atoms with Gasteiger partial charge in [-0.3, -0.25) is 4.79 Å². The predicted octanol–water partition coefficient (Wildman–Crippen LogP) is 2.73. The van der Waals surface area contributed by atoms with E-state index in [2.05, 4.69) is 23.6 Å². The van der Waals surface area contributed by atoms with Crippen LogP contribution in [0.3, 0.4) is 0 Å². The lowest BCUT2D eigenvalue weighted by molar-refractivity contribution is -0.115. The Hall–Kier alpha value is -2.45. The monoisotopic (exact) mass is 470 g/mol. The molecule has 0 saturated carbocycles. The van der Waals surface area contributed by atoms with Crippen molar-refractivity contribution >= 4 is 17.4 Å². The molecular weight excluding hydrogens is 432 g/mol. The molecule has 0 fully saturated rings. The molecule has 0 spiro atoms. The smallest absolute Gasteiger partial charge is 0.228 e. The maximum atomic E-state index is 13.0. The van der Waals surface area contributed by atoms with Crippen molar-refractivity contribution in [1.82, 2.24) is 9.80 Å². The molecule has 186 valence electrons. The first kappa shape index (κ1) is 26.2. The van der Waals surface area contributed by atoms with E-state index in [0.717, 1.165) is 42.9 Å². The molecule has 34 heavy (non-hydrogen) atoms. The van der Waals surface area contributed by atoms with Crippen molar-refractivity contribution in [2.45, 2.75) is 39.9 Å². The fraction of sp³-hybridized carbons (Fsp3) is 0.519. The standard InChI is InChI=1S/C27H38N2O5/c1-5-28(6-2)15-20(30)17-33-22-9-10-23-19(13-22)14-25-24(23)11-12-26(27(25)32)34-18-21(31)16-29(7-3)8-4/h9-14,20-21,30-31H,5-8,15-18H2,1-4H3. The van der Waals surface area contributed by atoms with Gasteiger partial charge in [-0.2, -0.15) is 0 Å². The van der Waals surface area contributed by atoms with Crippen LogP contribution in [0.5, 0.6) is 5.75 Å². The molecule has 2 aliphatic rings. The van der Waals surface area contributed by atoms with Crippen LogP contribution in [-0.4, -0.2) is 90.5 Å². The average Bonchev–Trinajstić information content (AvgIpc) is 3.22. The van der Waals surface area contributed by atoms with Crippen molar-refractivity contribution in [1.29, 1.82) is 0 Å². The van der Waals surface area contributed by atoms with Gasteiger partial charge in [-0.15, -0.1) is 0 Å². The van der Waals surface area contributed by atoms with Crippen molar-refractivity contribution in [2.75, 3.05) is 52.5 Å². The molecule has 0 saturated heterocycles. The molecule has 1 aromatic carbocycles. The zero-order valence-electron chi connectivity index (χ0n) is 20.8. The fourth-order valence-corrected chi connectivity index (χ4v) is 4.27. The van der Waals surface area contributed by atoms with Gasteiger partial charge in [0.15, 0.2) is 5.76 Å². The number of aliphatic hydroxyl groups is 2. The third-order valence-corrected chi connectivity index (χ3v) is 6.37. The predicted molar refractivity (Wildman–Crippen MR) is 135 cm³/mol. The van der Waals surface area contributed by atoms with Gasteiger partial charge in [0, 0.05) is 18.7 Å². The minimum Gasteiger partial charge on any atom is -0.491 e. The van der Waals surface area contributed by atoms with Crippen LogP contribution in [0, 0.1) is 0 Å². The molecule has 0 bridgehead atoms. The first-order chi connectivity index (χ1) is 16.4. The molecule has 3 rings (SSSR count). The van der Waals surface area contributed by atoms with Crippen LogP contribution >= 0.6 is 0 Å². The van der Waals surface area contributed by atoms with Gasteiger partial charge in [-0.05, 0) is 73.2 Å². The molecule has 0 radical (unpaired) electrons. The Morgan fingerprint density at radius 3 is 2.00 bits per heavy atom. The number of rotatable bonds is 14. The summed E-state index contributed by atoms with van der Waals surface area (Å²) in [5.41, 5.74) is 3.33. The lowest BCUT2D eigenvalue weighted by Crippen LogP contribution is -2.35. The van der Waals surface area contributed by atoms with Crippen molar-refractivity contribution in [3.8, 4) is 5.75 Å². The third-order valence-electron chi connectivity index (χ3n) is 6.37. The van der Waals surface area contributed by atoms with Crippen molar-refractivity contribution < 1.29 is 24.5 Å². The topological polar surface area (TPSA) is 82.5 Å². The van der Waals surface area contributed by atoms with E-state index in [-0.39, 0.29) is 24.8 Å². The summed E-state index contributed by atoms with van der Waals surface area (Å²) in [6.45, 7) is 13.1. The van der Waals surface area contributed by atoms with Gasteiger partial charge in [-0.1, -0.05) is 33.8 Å². The van der Waals surface area contributed by atoms with Crippen LogP contribution in [0.2, 0.25) is 0 Å². The van der Waals surface area contributed by atoms with Gasteiger partial charge >= 0.3 is 0 Å². The molecule has 0 amide bonds. The lowest BCUT2D eigenvalue weighted by Gasteiger charge is -2.23. The number of fused-ring (bicyclic) bond motifs is 3. The van der Waals surface area contributed by atoms with E-state index < -0.39 is 12.2 Å². The normalized spacial score (nSPS) is 16.6. The van der Waals surface area contributed by atoms with Gasteiger partial charge in [0.1, 0.15) is 31.2 Å². The number of ether oxygens (including phenoxy) is 2. The molecule has 2 atom stereocenters.